The molecule has 0 radical (unpaired) electrons. The molecule has 58 heavy (non-hydrogen) atoms. The number of rotatable bonds is 16. The SMILES string of the molecule is C=CCOC(c1ccnc2ccccc12)C1CC2CC[N+]1(Cc1ccc(C[N+]34CCC(CC3C(OCC=C)c3ccnc5ccccc35)C(C=C)C4)cc1)CC2C=C. The average Bonchev–Trinajstić information content (AvgIpc) is 3.27. The fraction of sp³-hybridized carbons (Fsp3) is 0.385. The van der Waals surface area contributed by atoms with Crippen molar-refractivity contribution in [2.75, 3.05) is 39.4 Å². The maximum absolute atomic E-state index is 6.85. The minimum absolute atomic E-state index is 0.0555. The van der Waals surface area contributed by atoms with Crippen LogP contribution in [0.1, 0.15) is 60.1 Å². The lowest BCUT2D eigenvalue weighted by molar-refractivity contribution is -0.985. The van der Waals surface area contributed by atoms with Crippen LogP contribution < -0.4 is 0 Å². The molecule has 10 unspecified atom stereocenters. The lowest BCUT2D eigenvalue weighted by Gasteiger charge is -2.59. The second kappa shape index (κ2) is 16.5. The summed E-state index contributed by atoms with van der Waals surface area (Å²) in [4.78, 5) is 9.44. The van der Waals surface area contributed by atoms with Crippen LogP contribution in [-0.4, -0.2) is 70.4 Å². The van der Waals surface area contributed by atoms with Crippen LogP contribution in [0, 0.1) is 23.7 Å². The second-order valence-corrected chi connectivity index (χ2v) is 17.8. The Labute approximate surface area is 345 Å². The van der Waals surface area contributed by atoms with Crippen LogP contribution in [0.15, 0.2) is 148 Å². The van der Waals surface area contributed by atoms with Crippen molar-refractivity contribution in [3.05, 3.63) is 170 Å². The van der Waals surface area contributed by atoms with E-state index in [1.165, 1.54) is 45.9 Å². The fourth-order valence-corrected chi connectivity index (χ4v) is 12.1. The van der Waals surface area contributed by atoms with E-state index in [1.54, 1.807) is 0 Å². The summed E-state index contributed by atoms with van der Waals surface area (Å²) in [6.07, 6.45) is 16.8. The van der Waals surface area contributed by atoms with Gasteiger partial charge in [-0.1, -0.05) is 85.0 Å². The first-order chi connectivity index (χ1) is 28.5. The van der Waals surface area contributed by atoms with Gasteiger partial charge in [0.25, 0.3) is 0 Å². The molecular formula is C52H60N4O2+2. The molecule has 2 aromatic heterocycles. The summed E-state index contributed by atoms with van der Waals surface area (Å²) in [5.41, 5.74) is 7.32. The molecule has 0 spiro atoms. The smallest absolute Gasteiger partial charge is 0.135 e. The first kappa shape index (κ1) is 38.8. The maximum atomic E-state index is 6.85. The Morgan fingerprint density at radius 1 is 0.586 bits per heavy atom. The Kier molecular flexibility index (Phi) is 11.0. The van der Waals surface area contributed by atoms with E-state index in [2.05, 4.69) is 123 Å². The maximum Gasteiger partial charge on any atom is 0.135 e. The number of pyridine rings is 2. The molecule has 6 aliphatic rings. The number of para-hydroxylation sites is 2. The first-order valence-electron chi connectivity index (χ1n) is 21.6. The van der Waals surface area contributed by atoms with Gasteiger partial charge in [0.05, 0.1) is 50.4 Å². The highest BCUT2D eigenvalue weighted by molar-refractivity contribution is 5.83. The van der Waals surface area contributed by atoms with Crippen LogP contribution in [0.2, 0.25) is 0 Å². The van der Waals surface area contributed by atoms with Gasteiger partial charge >= 0.3 is 0 Å². The van der Waals surface area contributed by atoms with E-state index in [0.717, 1.165) is 72.1 Å². The Hall–Kier alpha value is -4.72. The normalized spacial score (nSPS) is 29.9. The van der Waals surface area contributed by atoms with Crippen molar-refractivity contribution in [3.63, 3.8) is 0 Å². The van der Waals surface area contributed by atoms with E-state index in [0.29, 0.717) is 49.0 Å². The van der Waals surface area contributed by atoms with Gasteiger partial charge in [-0.25, -0.2) is 0 Å². The second-order valence-electron chi connectivity index (χ2n) is 17.8. The molecule has 6 heteroatoms. The Balaban J connectivity index is 1.03. The lowest BCUT2D eigenvalue weighted by atomic mass is 9.71. The van der Waals surface area contributed by atoms with E-state index >= 15 is 0 Å². The predicted octanol–water partition coefficient (Wildman–Crippen LogP) is 10.5. The summed E-state index contributed by atoms with van der Waals surface area (Å²) in [7, 11) is 0. The van der Waals surface area contributed by atoms with Gasteiger partial charge < -0.3 is 18.4 Å². The quantitative estimate of drug-likeness (QED) is 0.0740. The van der Waals surface area contributed by atoms with Gasteiger partial charge in [0.15, 0.2) is 0 Å². The summed E-state index contributed by atoms with van der Waals surface area (Å²) in [6, 6.07) is 31.8. The molecule has 8 heterocycles. The molecule has 4 bridgehead atoms. The Morgan fingerprint density at radius 2 is 1.02 bits per heavy atom. The molecule has 6 fully saturated rings. The molecule has 10 atom stereocenters. The average molecular weight is 773 g/mol. The third-order valence-corrected chi connectivity index (χ3v) is 14.8. The van der Waals surface area contributed by atoms with Gasteiger partial charge in [-0.3, -0.25) is 9.97 Å². The standard InChI is InChI=1S/C52H60N4O2/c1-5-29-57-51(45-21-25-53-47-15-11-9-13-43(45)47)49-31-41-23-27-55(49,35-39(41)7-3)33-37-17-19-38(20-18-37)34-56-28-24-42(40(8-4)36-56)32-50(56)52(58-30-6-2)46-22-26-54-48-16-12-10-14-44(46)48/h5-22,25-26,39-42,49-52H,1-4,23-24,27-36H2/q+2. The number of quaternary nitrogens is 2. The topological polar surface area (TPSA) is 44.2 Å². The zero-order chi connectivity index (χ0) is 39.7. The van der Waals surface area contributed by atoms with E-state index < -0.39 is 0 Å². The first-order valence-corrected chi connectivity index (χ1v) is 21.6. The number of nitrogens with zero attached hydrogens (tertiary/aromatic N) is 4. The van der Waals surface area contributed by atoms with Crippen molar-refractivity contribution < 1.29 is 18.4 Å². The number of ether oxygens (including phenoxy) is 2. The predicted molar refractivity (Wildman–Crippen MR) is 236 cm³/mol. The fourth-order valence-electron chi connectivity index (χ4n) is 12.1. The largest absolute Gasteiger partial charge is 0.363 e. The third kappa shape index (κ3) is 7.08. The summed E-state index contributed by atoms with van der Waals surface area (Å²) in [5.74, 6) is 2.29. The van der Waals surface area contributed by atoms with E-state index in [1.807, 2.05) is 24.5 Å². The zero-order valence-corrected chi connectivity index (χ0v) is 34.1. The monoisotopic (exact) mass is 772 g/mol. The molecule has 0 saturated carbocycles. The van der Waals surface area contributed by atoms with Crippen molar-refractivity contribution in [3.8, 4) is 0 Å². The molecule has 6 nitrogen and oxygen atoms in total. The Morgan fingerprint density at radius 3 is 1.43 bits per heavy atom. The van der Waals surface area contributed by atoms with Crippen LogP contribution in [0.4, 0.5) is 0 Å². The number of hydrogen-bond acceptors (Lipinski definition) is 4. The summed E-state index contributed by atoms with van der Waals surface area (Å²) >= 11 is 0. The van der Waals surface area contributed by atoms with E-state index in [-0.39, 0.29) is 12.2 Å². The molecular weight excluding hydrogens is 713 g/mol. The molecule has 0 amide bonds. The summed E-state index contributed by atoms with van der Waals surface area (Å²) in [6.45, 7) is 24.3. The highest BCUT2D eigenvalue weighted by Crippen LogP contribution is 2.51. The molecule has 298 valence electrons. The van der Waals surface area contributed by atoms with Gasteiger partial charge in [-0.2, -0.15) is 0 Å². The van der Waals surface area contributed by atoms with Crippen molar-refractivity contribution in [2.45, 2.75) is 63.1 Å². The zero-order valence-electron chi connectivity index (χ0n) is 34.1. The molecule has 11 rings (SSSR count). The number of benzene rings is 3. The lowest BCUT2D eigenvalue weighted by Crippen LogP contribution is -2.67. The summed E-state index contributed by atoms with van der Waals surface area (Å²) in [5, 5.41) is 2.37. The molecule has 5 aromatic rings. The van der Waals surface area contributed by atoms with Crippen LogP contribution >= 0.6 is 0 Å². The third-order valence-electron chi connectivity index (χ3n) is 14.8. The van der Waals surface area contributed by atoms with E-state index in [9.17, 15) is 0 Å². The van der Waals surface area contributed by atoms with Crippen LogP contribution in [0.5, 0.6) is 0 Å². The minimum atomic E-state index is -0.0555. The van der Waals surface area contributed by atoms with Crippen molar-refractivity contribution in [2.24, 2.45) is 23.7 Å². The molecule has 6 saturated heterocycles. The van der Waals surface area contributed by atoms with Crippen LogP contribution in [-0.2, 0) is 22.6 Å². The van der Waals surface area contributed by atoms with Crippen LogP contribution in [0.3, 0.4) is 0 Å². The Bertz CT molecular complexity index is 2120. The van der Waals surface area contributed by atoms with Crippen molar-refractivity contribution >= 4 is 21.8 Å². The number of aromatic nitrogens is 2. The van der Waals surface area contributed by atoms with Crippen LogP contribution in [0.25, 0.3) is 21.8 Å². The van der Waals surface area contributed by atoms with Gasteiger partial charge in [-0.05, 0) is 47.2 Å². The number of fused-ring (bicyclic) bond motifs is 8. The van der Waals surface area contributed by atoms with Gasteiger partial charge in [0.1, 0.15) is 37.4 Å². The number of piperidine rings is 6. The summed E-state index contributed by atoms with van der Waals surface area (Å²) < 4.78 is 15.7. The van der Waals surface area contributed by atoms with Crippen molar-refractivity contribution in [1.29, 1.82) is 0 Å². The van der Waals surface area contributed by atoms with E-state index in [4.69, 9.17) is 19.4 Å². The van der Waals surface area contributed by atoms with Gasteiger partial charge in [-0.15, -0.1) is 26.3 Å². The molecule has 3 aromatic carbocycles. The molecule has 0 aliphatic carbocycles. The molecule has 0 N–H and O–H groups in total. The number of hydrogen-bond donors (Lipinski definition) is 0. The van der Waals surface area contributed by atoms with Crippen molar-refractivity contribution in [1.82, 2.24) is 9.97 Å². The van der Waals surface area contributed by atoms with Gasteiger partial charge in [0, 0.05) is 71.8 Å². The highest BCUT2D eigenvalue weighted by atomic mass is 16.5. The highest BCUT2D eigenvalue weighted by Gasteiger charge is 2.56. The molecule has 6 aliphatic heterocycles. The van der Waals surface area contributed by atoms with Gasteiger partial charge in [0.2, 0.25) is 0 Å². The minimum Gasteiger partial charge on any atom is -0.363 e.